The second kappa shape index (κ2) is 6.83. The van der Waals surface area contributed by atoms with Crippen molar-refractivity contribution in [1.82, 2.24) is 4.98 Å². The molecule has 0 aromatic carbocycles. The fourth-order valence-electron chi connectivity index (χ4n) is 2.13. The number of ether oxygens (including phenoxy) is 1. The summed E-state index contributed by atoms with van der Waals surface area (Å²) in [5, 5.41) is 9.82. The van der Waals surface area contributed by atoms with Gasteiger partial charge in [0.15, 0.2) is 0 Å². The first-order chi connectivity index (χ1) is 8.99. The first-order valence-electron chi connectivity index (χ1n) is 6.24. The molecule has 0 saturated heterocycles. The Morgan fingerprint density at radius 3 is 2.68 bits per heavy atom. The third kappa shape index (κ3) is 3.37. The number of nitrogens with zero attached hydrogens (tertiary/aromatic N) is 1. The molecule has 0 bridgehead atoms. The van der Waals surface area contributed by atoms with Gasteiger partial charge in [-0.1, -0.05) is 20.8 Å². The van der Waals surface area contributed by atoms with E-state index in [2.05, 4.69) is 42.2 Å². The molecule has 0 fully saturated rings. The minimum Gasteiger partial charge on any atom is -0.490 e. The van der Waals surface area contributed by atoms with Gasteiger partial charge in [0.05, 0.1) is 18.0 Å². The van der Waals surface area contributed by atoms with Gasteiger partial charge in [0.25, 0.3) is 0 Å². The van der Waals surface area contributed by atoms with Gasteiger partial charge < -0.3 is 15.6 Å². The molecule has 6 heteroatoms. The summed E-state index contributed by atoms with van der Waals surface area (Å²) in [5.41, 5.74) is 8.16. The molecular weight excluding hydrogens is 280 g/mol. The maximum atomic E-state index is 9.82. The fraction of sp³-hybridized carbons (Fsp3) is 0.615. The Hall–Kier alpha value is -0.430. The number of thiol groups is 2. The first-order valence-corrected chi connectivity index (χ1v) is 7.84. The minimum absolute atomic E-state index is 0.0226. The van der Waals surface area contributed by atoms with Crippen LogP contribution in [-0.4, -0.2) is 23.2 Å². The minimum atomic E-state index is -0.693. The zero-order valence-corrected chi connectivity index (χ0v) is 13.3. The summed E-state index contributed by atoms with van der Waals surface area (Å²) in [4.78, 5) is 4.44. The van der Waals surface area contributed by atoms with E-state index in [-0.39, 0.29) is 12.0 Å². The third-order valence-corrected chi connectivity index (χ3v) is 3.27. The molecule has 1 aromatic heterocycles. The summed E-state index contributed by atoms with van der Waals surface area (Å²) in [6.45, 7) is 7.17. The van der Waals surface area contributed by atoms with E-state index in [4.69, 9.17) is 10.5 Å². The second-order valence-electron chi connectivity index (χ2n) is 5.15. The Bertz CT molecular complexity index is 439. The lowest BCUT2D eigenvalue weighted by Crippen LogP contribution is -2.19. The number of nitrogens with two attached hydrogens (primary N) is 1. The first kappa shape index (κ1) is 16.6. The van der Waals surface area contributed by atoms with E-state index in [9.17, 15) is 5.11 Å². The molecule has 19 heavy (non-hydrogen) atoms. The van der Waals surface area contributed by atoms with Gasteiger partial charge in [0, 0.05) is 17.5 Å². The van der Waals surface area contributed by atoms with Crippen LogP contribution in [0.1, 0.15) is 43.8 Å². The van der Waals surface area contributed by atoms with Crippen LogP contribution in [0.4, 0.5) is 0 Å². The van der Waals surface area contributed by atoms with Gasteiger partial charge >= 0.3 is 0 Å². The molecule has 0 saturated carbocycles. The highest BCUT2D eigenvalue weighted by Crippen LogP contribution is 2.41. The van der Waals surface area contributed by atoms with Crippen LogP contribution < -0.4 is 10.5 Å². The summed E-state index contributed by atoms with van der Waals surface area (Å²) >= 11 is 6.44. The van der Waals surface area contributed by atoms with E-state index in [1.807, 2.05) is 13.0 Å². The molecule has 0 amide bonds. The Morgan fingerprint density at radius 2 is 2.16 bits per heavy atom. The molecule has 1 aliphatic rings. The number of hydrogen-bond donors (Lipinski definition) is 4. The molecule has 4 nitrogen and oxygen atoms in total. The highest BCUT2D eigenvalue weighted by atomic mass is 33.1. The average molecular weight is 302 g/mol. The van der Waals surface area contributed by atoms with Gasteiger partial charge in [0.2, 0.25) is 0 Å². The number of pyridine rings is 1. The molecule has 1 aromatic rings. The van der Waals surface area contributed by atoms with Crippen molar-refractivity contribution in [3.05, 3.63) is 23.0 Å². The highest BCUT2D eigenvalue weighted by Gasteiger charge is 2.34. The van der Waals surface area contributed by atoms with Crippen LogP contribution in [0.15, 0.2) is 6.07 Å². The standard InChI is InChI=1S/C13H20N2O2.H2S2/c1-4-9-12-8(13(2,3)7-17-12)5-10(15-9)11(16)6-14;1-2/h5,11,16H,4,6-7,14H2,1-3H3;1-2H. The number of aliphatic hydroxyl groups is 1. The monoisotopic (exact) mass is 302 g/mol. The summed E-state index contributed by atoms with van der Waals surface area (Å²) < 4.78 is 5.73. The van der Waals surface area contributed by atoms with Crippen molar-refractivity contribution in [2.45, 2.75) is 38.7 Å². The van der Waals surface area contributed by atoms with Crippen LogP contribution >= 0.6 is 23.3 Å². The van der Waals surface area contributed by atoms with Crippen LogP contribution in [-0.2, 0) is 11.8 Å². The lowest BCUT2D eigenvalue weighted by molar-refractivity contribution is 0.181. The van der Waals surface area contributed by atoms with Crippen molar-refractivity contribution >= 4 is 23.3 Å². The molecule has 108 valence electrons. The van der Waals surface area contributed by atoms with Crippen LogP contribution in [0.3, 0.4) is 0 Å². The predicted molar refractivity (Wildman–Crippen MR) is 84.1 cm³/mol. The van der Waals surface area contributed by atoms with Crippen LogP contribution in [0.5, 0.6) is 5.75 Å². The van der Waals surface area contributed by atoms with Crippen molar-refractivity contribution < 1.29 is 9.84 Å². The van der Waals surface area contributed by atoms with Crippen molar-refractivity contribution in [2.75, 3.05) is 13.2 Å². The topological polar surface area (TPSA) is 68.4 Å². The molecule has 3 N–H and O–H groups in total. The van der Waals surface area contributed by atoms with E-state index in [1.54, 1.807) is 0 Å². The largest absolute Gasteiger partial charge is 0.490 e. The maximum Gasteiger partial charge on any atom is 0.144 e. The van der Waals surface area contributed by atoms with Gasteiger partial charge in [-0.15, -0.1) is 23.3 Å². The van der Waals surface area contributed by atoms with Crippen LogP contribution in [0.2, 0.25) is 0 Å². The number of hydrogen-bond acceptors (Lipinski definition) is 6. The quantitative estimate of drug-likeness (QED) is 0.510. The van der Waals surface area contributed by atoms with E-state index >= 15 is 0 Å². The highest BCUT2D eigenvalue weighted by molar-refractivity contribution is 8.59. The van der Waals surface area contributed by atoms with Gasteiger partial charge in [-0.2, -0.15) is 0 Å². The molecule has 0 spiro atoms. The lowest BCUT2D eigenvalue weighted by Gasteiger charge is -2.17. The van der Waals surface area contributed by atoms with Crippen molar-refractivity contribution in [1.29, 1.82) is 0 Å². The zero-order valence-electron chi connectivity index (χ0n) is 11.6. The van der Waals surface area contributed by atoms with E-state index in [0.717, 1.165) is 23.4 Å². The summed E-state index contributed by atoms with van der Waals surface area (Å²) in [6, 6.07) is 1.93. The molecule has 1 atom stereocenters. The van der Waals surface area contributed by atoms with Crippen LogP contribution in [0, 0.1) is 0 Å². The molecular formula is C13H22N2O2S2. The molecule has 0 aliphatic carbocycles. The van der Waals surface area contributed by atoms with Gasteiger partial charge in [-0.05, 0) is 12.5 Å². The van der Waals surface area contributed by atoms with Crippen molar-refractivity contribution in [3.8, 4) is 5.75 Å². The Labute approximate surface area is 125 Å². The third-order valence-electron chi connectivity index (χ3n) is 3.27. The lowest BCUT2D eigenvalue weighted by atomic mass is 9.86. The molecule has 2 heterocycles. The van der Waals surface area contributed by atoms with Crippen molar-refractivity contribution in [2.24, 2.45) is 5.73 Å². The Morgan fingerprint density at radius 1 is 1.53 bits per heavy atom. The van der Waals surface area contributed by atoms with Gasteiger partial charge in [-0.25, -0.2) is 0 Å². The van der Waals surface area contributed by atoms with Crippen LogP contribution in [0.25, 0.3) is 0 Å². The van der Waals surface area contributed by atoms with E-state index in [1.165, 1.54) is 0 Å². The summed E-state index contributed by atoms with van der Waals surface area (Å²) in [5.74, 6) is 0.894. The summed E-state index contributed by atoms with van der Waals surface area (Å²) in [7, 11) is 0. The Balaban J connectivity index is 0.000000861. The molecule has 1 aliphatic heterocycles. The number of fused-ring (bicyclic) bond motifs is 1. The number of rotatable bonds is 3. The van der Waals surface area contributed by atoms with Crippen molar-refractivity contribution in [3.63, 3.8) is 0 Å². The smallest absolute Gasteiger partial charge is 0.144 e. The molecule has 0 radical (unpaired) electrons. The van der Waals surface area contributed by atoms with E-state index in [0.29, 0.717) is 12.3 Å². The molecule has 2 rings (SSSR count). The second-order valence-corrected chi connectivity index (χ2v) is 5.15. The zero-order chi connectivity index (χ0) is 14.6. The number of aryl methyl sites for hydroxylation is 1. The van der Waals surface area contributed by atoms with Gasteiger partial charge in [-0.3, -0.25) is 4.98 Å². The summed E-state index contributed by atoms with van der Waals surface area (Å²) in [6.07, 6.45) is 0.103. The number of aromatic nitrogens is 1. The Kier molecular flexibility index (Phi) is 5.98. The molecule has 1 unspecified atom stereocenters. The maximum absolute atomic E-state index is 9.82. The normalized spacial score (nSPS) is 17.0. The predicted octanol–water partition coefficient (Wildman–Crippen LogP) is 2.07. The SMILES string of the molecule is CCc1nc(C(O)CN)cc2c1OCC2(C)C.SS. The average Bonchev–Trinajstić information content (AvgIpc) is 2.75. The van der Waals surface area contributed by atoms with E-state index < -0.39 is 6.10 Å². The van der Waals surface area contributed by atoms with Gasteiger partial charge in [0.1, 0.15) is 11.9 Å². The number of aliphatic hydroxyl groups excluding tert-OH is 1. The fourth-order valence-corrected chi connectivity index (χ4v) is 2.13.